The van der Waals surface area contributed by atoms with E-state index < -0.39 is 0 Å². The summed E-state index contributed by atoms with van der Waals surface area (Å²) in [6.07, 6.45) is 8.96. The summed E-state index contributed by atoms with van der Waals surface area (Å²) in [6, 6.07) is 19.5. The minimum atomic E-state index is 0.539. The van der Waals surface area contributed by atoms with Crippen LogP contribution in [0, 0.1) is 6.92 Å². The van der Waals surface area contributed by atoms with E-state index >= 15 is 0 Å². The molecule has 0 bridgehead atoms. The molecule has 6 rings (SSSR count). The van der Waals surface area contributed by atoms with Crippen LogP contribution in [0.1, 0.15) is 41.1 Å². The first kappa shape index (κ1) is 26.2. The smallest absolute Gasteiger partial charge is 0.227 e. The maximum atomic E-state index is 4.70. The summed E-state index contributed by atoms with van der Waals surface area (Å²) in [4.78, 5) is 18.4. The number of pyridine rings is 1. The lowest BCUT2D eigenvalue weighted by Crippen LogP contribution is -2.46. The first-order valence-corrected chi connectivity index (χ1v) is 14.2. The molecule has 0 saturated carbocycles. The average Bonchev–Trinajstić information content (AvgIpc) is 2.99. The van der Waals surface area contributed by atoms with Crippen LogP contribution in [0.25, 0.3) is 17.0 Å². The normalized spacial score (nSPS) is 17.7. The largest absolute Gasteiger partial charge is 0.355 e. The van der Waals surface area contributed by atoms with Crippen molar-refractivity contribution < 1.29 is 0 Å². The van der Waals surface area contributed by atoms with E-state index in [-0.39, 0.29) is 0 Å². The number of aryl methyl sites for hydroxylation is 2. The zero-order chi connectivity index (χ0) is 27.5. The highest BCUT2D eigenvalue weighted by Crippen LogP contribution is 2.36. The third kappa shape index (κ3) is 5.76. The average molecular weight is 532 g/mol. The zero-order valence-corrected chi connectivity index (χ0v) is 23.4. The van der Waals surface area contributed by atoms with Crippen molar-refractivity contribution >= 4 is 23.0 Å². The van der Waals surface area contributed by atoms with E-state index in [1.54, 1.807) is 18.6 Å². The molecule has 2 aromatic carbocycles. The number of likely N-dealkylation sites (N-methyl/N-ethyl adjacent to an activating group) is 1. The van der Waals surface area contributed by atoms with Crippen LogP contribution in [-0.2, 0) is 6.42 Å². The van der Waals surface area contributed by atoms with Crippen LogP contribution in [0.15, 0.2) is 79.8 Å². The Morgan fingerprint density at radius 3 is 2.70 bits per heavy atom. The van der Waals surface area contributed by atoms with Crippen molar-refractivity contribution in [1.29, 1.82) is 0 Å². The molecule has 4 aromatic rings. The maximum absolute atomic E-state index is 4.70. The van der Waals surface area contributed by atoms with Crippen molar-refractivity contribution in [3.8, 4) is 11.3 Å². The summed E-state index contributed by atoms with van der Waals surface area (Å²) >= 11 is 0. The zero-order valence-electron chi connectivity index (χ0n) is 23.4. The third-order valence-electron chi connectivity index (χ3n) is 8.14. The summed E-state index contributed by atoms with van der Waals surface area (Å²) in [5, 5.41) is 6.93. The van der Waals surface area contributed by atoms with Gasteiger partial charge in [-0.1, -0.05) is 24.8 Å². The molecular formula is C33H37N7. The molecule has 3 heterocycles. The van der Waals surface area contributed by atoms with Gasteiger partial charge in [0, 0.05) is 73.4 Å². The fourth-order valence-corrected chi connectivity index (χ4v) is 5.78. The van der Waals surface area contributed by atoms with Crippen LogP contribution in [-0.4, -0.2) is 58.0 Å². The number of benzene rings is 2. The van der Waals surface area contributed by atoms with E-state index in [2.05, 4.69) is 87.3 Å². The van der Waals surface area contributed by atoms with Crippen molar-refractivity contribution in [2.24, 2.45) is 0 Å². The minimum absolute atomic E-state index is 0.539. The van der Waals surface area contributed by atoms with Gasteiger partial charge in [0.15, 0.2) is 0 Å². The summed E-state index contributed by atoms with van der Waals surface area (Å²) in [6.45, 7) is 11.1. The van der Waals surface area contributed by atoms with Crippen LogP contribution in [0.2, 0.25) is 0 Å². The maximum Gasteiger partial charge on any atom is 0.227 e. The first-order chi connectivity index (χ1) is 19.5. The van der Waals surface area contributed by atoms with Gasteiger partial charge in [-0.3, -0.25) is 9.88 Å². The van der Waals surface area contributed by atoms with Gasteiger partial charge in [-0.25, -0.2) is 9.97 Å². The number of aromatic nitrogens is 3. The van der Waals surface area contributed by atoms with Crippen molar-refractivity contribution in [2.75, 3.05) is 43.9 Å². The molecule has 1 aliphatic carbocycles. The Balaban J connectivity index is 1.16. The molecule has 2 aromatic heterocycles. The summed E-state index contributed by atoms with van der Waals surface area (Å²) in [5.41, 5.74) is 9.81. The van der Waals surface area contributed by atoms with Crippen LogP contribution >= 0.6 is 0 Å². The van der Waals surface area contributed by atoms with Gasteiger partial charge in [-0.05, 0) is 91.9 Å². The Morgan fingerprint density at radius 1 is 1.00 bits per heavy atom. The summed E-state index contributed by atoms with van der Waals surface area (Å²) < 4.78 is 0. The summed E-state index contributed by atoms with van der Waals surface area (Å²) in [7, 11) is 2.22. The number of anilines is 3. The van der Waals surface area contributed by atoms with Gasteiger partial charge in [0.1, 0.15) is 0 Å². The molecule has 1 unspecified atom stereocenters. The fraction of sp³-hybridized carbons (Fsp3) is 0.303. The van der Waals surface area contributed by atoms with Gasteiger partial charge in [0.05, 0.1) is 5.69 Å². The Kier molecular flexibility index (Phi) is 7.58. The number of rotatable bonds is 7. The molecule has 1 fully saturated rings. The quantitative estimate of drug-likeness (QED) is 0.290. The molecule has 0 spiro atoms. The van der Waals surface area contributed by atoms with Crippen molar-refractivity contribution in [3.05, 3.63) is 102 Å². The molecule has 40 heavy (non-hydrogen) atoms. The molecule has 0 radical (unpaired) electrons. The predicted octanol–water partition coefficient (Wildman–Crippen LogP) is 6.30. The minimum Gasteiger partial charge on any atom is -0.355 e. The number of nitrogens with zero attached hydrogens (tertiary/aromatic N) is 5. The molecule has 1 saturated heterocycles. The van der Waals surface area contributed by atoms with Crippen molar-refractivity contribution in [2.45, 2.75) is 32.2 Å². The van der Waals surface area contributed by atoms with Crippen LogP contribution in [0.4, 0.5) is 17.3 Å². The molecule has 204 valence electrons. The lowest BCUT2D eigenvalue weighted by molar-refractivity contribution is 0.102. The van der Waals surface area contributed by atoms with Crippen LogP contribution in [0.5, 0.6) is 0 Å². The lowest BCUT2D eigenvalue weighted by Gasteiger charge is -2.40. The first-order valence-electron chi connectivity index (χ1n) is 14.2. The van der Waals surface area contributed by atoms with E-state index in [9.17, 15) is 0 Å². The summed E-state index contributed by atoms with van der Waals surface area (Å²) in [5.74, 6) is 0.546. The number of nitrogens with one attached hydrogen (secondary N) is 2. The molecule has 1 aliphatic heterocycles. The van der Waals surface area contributed by atoms with E-state index in [0.717, 1.165) is 72.1 Å². The van der Waals surface area contributed by atoms with Crippen molar-refractivity contribution in [1.82, 2.24) is 24.8 Å². The second kappa shape index (κ2) is 11.6. The third-order valence-corrected chi connectivity index (χ3v) is 8.14. The highest BCUT2D eigenvalue weighted by atomic mass is 15.3. The Bertz CT molecular complexity index is 1490. The second-order valence-corrected chi connectivity index (χ2v) is 10.9. The van der Waals surface area contributed by atoms with E-state index in [1.165, 1.54) is 24.0 Å². The fourth-order valence-electron chi connectivity index (χ4n) is 5.78. The van der Waals surface area contributed by atoms with E-state index in [1.807, 2.05) is 18.2 Å². The van der Waals surface area contributed by atoms with E-state index in [0.29, 0.717) is 12.0 Å². The van der Waals surface area contributed by atoms with Gasteiger partial charge in [-0.15, -0.1) is 0 Å². The Morgan fingerprint density at radius 2 is 1.88 bits per heavy atom. The van der Waals surface area contributed by atoms with Crippen LogP contribution in [0.3, 0.4) is 0 Å². The number of piperazine rings is 1. The SMILES string of the molecule is C=C(Nc1ccc(C)c(Nc2nccc(-c3cccnc3)n2)c1)c1ccc2c(c1)CCCC2N1CCN(C)CC1. The molecular weight excluding hydrogens is 494 g/mol. The molecule has 2 aliphatic rings. The highest BCUT2D eigenvalue weighted by molar-refractivity contribution is 5.78. The monoisotopic (exact) mass is 531 g/mol. The van der Waals surface area contributed by atoms with Crippen molar-refractivity contribution in [3.63, 3.8) is 0 Å². The standard InChI is InChI=1S/C33H37N7/c1-23-9-11-28(21-31(23)38-33-35-15-13-30(37-33)27-7-5-14-34-22-27)36-24(2)25-10-12-29-26(20-25)6-4-8-32(29)40-18-16-39(3)17-19-40/h5,7,9-15,20-22,32,36H,2,4,6,8,16-19H2,1,3H3,(H,35,37,38). The molecule has 1 atom stereocenters. The van der Waals surface area contributed by atoms with Gasteiger partial charge >= 0.3 is 0 Å². The Labute approximate surface area is 237 Å². The highest BCUT2D eigenvalue weighted by Gasteiger charge is 2.28. The predicted molar refractivity (Wildman–Crippen MR) is 164 cm³/mol. The molecule has 0 amide bonds. The van der Waals surface area contributed by atoms with E-state index in [4.69, 9.17) is 4.98 Å². The number of hydrogen-bond donors (Lipinski definition) is 2. The van der Waals surface area contributed by atoms with Gasteiger partial charge < -0.3 is 15.5 Å². The van der Waals surface area contributed by atoms with Crippen LogP contribution < -0.4 is 10.6 Å². The van der Waals surface area contributed by atoms with Gasteiger partial charge in [-0.2, -0.15) is 0 Å². The van der Waals surface area contributed by atoms with Gasteiger partial charge in [0.2, 0.25) is 5.95 Å². The Hall–Kier alpha value is -4.07. The number of fused-ring (bicyclic) bond motifs is 1. The molecule has 7 nitrogen and oxygen atoms in total. The molecule has 7 heteroatoms. The van der Waals surface area contributed by atoms with Gasteiger partial charge in [0.25, 0.3) is 0 Å². The second-order valence-electron chi connectivity index (χ2n) is 10.9. The number of hydrogen-bond acceptors (Lipinski definition) is 7. The lowest BCUT2D eigenvalue weighted by atomic mass is 9.85. The molecule has 2 N–H and O–H groups in total. The topological polar surface area (TPSA) is 69.2 Å².